The number of aromatic nitrogens is 1. The molecule has 8 nitrogen and oxygen atoms in total. The highest BCUT2D eigenvalue weighted by atomic mass is 32.2. The number of thiophene rings is 1. The van der Waals surface area contributed by atoms with Crippen LogP contribution in [0.2, 0.25) is 0 Å². The number of nitrogens with zero attached hydrogens (tertiary/aromatic N) is 3. The lowest BCUT2D eigenvalue weighted by molar-refractivity contribution is -0.127. The Morgan fingerprint density at radius 3 is 2.18 bits per heavy atom. The van der Waals surface area contributed by atoms with Gasteiger partial charge in [-0.2, -0.15) is 0 Å². The highest BCUT2D eigenvalue weighted by Gasteiger charge is 2.49. The SMILES string of the molecule is Cc1cc(C)cc(-c2[nH]c3sc(C(C)(C)C(=O)C4C5CCN4CC5)cc3c2C(=O)C(C)N2CCN(C3CCS(=O)(=O)C3)CC2)c1. The number of nitrogens with one attached hydrogen (secondary N) is 1. The standard InChI is InChI=1S/C35H46N4O4S2/c1-21-16-22(2)18-25(17-21)30-29(32(40)23(3)37-11-13-38(14-12-37)26-8-15-45(42,43)20-26)27-19-28(44-34(27)36-30)35(4,5)33(41)31-24-6-9-39(31)10-7-24/h16-19,23-24,26,31,36H,6-15,20H2,1-5H3. The number of aryl methyl sites for hydroxylation is 2. The van der Waals surface area contributed by atoms with Gasteiger partial charge in [-0.05, 0) is 96.7 Å². The Morgan fingerprint density at radius 1 is 0.933 bits per heavy atom. The van der Waals surface area contributed by atoms with Crippen molar-refractivity contribution in [2.75, 3.05) is 50.8 Å². The van der Waals surface area contributed by atoms with E-state index in [-0.39, 0.29) is 35.4 Å². The number of carbonyl (C=O) groups is 2. The van der Waals surface area contributed by atoms with Gasteiger partial charge in [0, 0.05) is 42.5 Å². The summed E-state index contributed by atoms with van der Waals surface area (Å²) in [6.07, 6.45) is 2.93. The van der Waals surface area contributed by atoms with Crippen molar-refractivity contribution >= 4 is 43.0 Å². The maximum Gasteiger partial charge on any atom is 0.182 e. The molecule has 45 heavy (non-hydrogen) atoms. The first-order valence-electron chi connectivity index (χ1n) is 16.6. The van der Waals surface area contributed by atoms with E-state index in [1.807, 2.05) is 6.92 Å². The van der Waals surface area contributed by atoms with Crippen molar-refractivity contribution in [2.45, 2.75) is 77.4 Å². The van der Waals surface area contributed by atoms with Crippen LogP contribution in [0.4, 0.5) is 0 Å². The molecule has 7 rings (SSSR count). The second-order valence-corrected chi connectivity index (χ2v) is 17.9. The summed E-state index contributed by atoms with van der Waals surface area (Å²) in [6, 6.07) is 8.30. The van der Waals surface area contributed by atoms with Crippen molar-refractivity contribution in [3.63, 3.8) is 0 Å². The number of hydrogen-bond donors (Lipinski definition) is 1. The predicted molar refractivity (Wildman–Crippen MR) is 181 cm³/mol. The van der Waals surface area contributed by atoms with Crippen molar-refractivity contribution in [1.29, 1.82) is 0 Å². The normalized spacial score (nSPS) is 27.8. The van der Waals surface area contributed by atoms with Crippen molar-refractivity contribution in [3.05, 3.63) is 45.8 Å². The summed E-state index contributed by atoms with van der Waals surface area (Å²) in [6.45, 7) is 15.3. The molecular weight excluding hydrogens is 605 g/mol. The molecule has 3 unspecified atom stereocenters. The zero-order valence-electron chi connectivity index (χ0n) is 27.2. The van der Waals surface area contributed by atoms with Crippen LogP contribution in [0.3, 0.4) is 0 Å². The second kappa shape index (κ2) is 11.4. The molecule has 0 saturated carbocycles. The van der Waals surface area contributed by atoms with Gasteiger partial charge in [0.15, 0.2) is 21.4 Å². The minimum atomic E-state index is -2.93. The molecule has 1 N–H and O–H groups in total. The maximum atomic E-state index is 14.6. The average Bonchev–Trinajstić information content (AvgIpc) is 3.82. The lowest BCUT2D eigenvalue weighted by Crippen LogP contribution is -2.54. The van der Waals surface area contributed by atoms with Crippen LogP contribution in [0.5, 0.6) is 0 Å². The van der Waals surface area contributed by atoms with Crippen molar-refractivity contribution in [3.8, 4) is 11.3 Å². The summed E-state index contributed by atoms with van der Waals surface area (Å²) in [4.78, 5) is 41.1. The Morgan fingerprint density at radius 2 is 1.60 bits per heavy atom. The van der Waals surface area contributed by atoms with Crippen LogP contribution in [0.15, 0.2) is 24.3 Å². The Balaban J connectivity index is 1.20. The summed E-state index contributed by atoms with van der Waals surface area (Å²) in [7, 11) is -2.93. The summed E-state index contributed by atoms with van der Waals surface area (Å²) < 4.78 is 24.1. The Kier molecular flexibility index (Phi) is 7.92. The lowest BCUT2D eigenvalue weighted by Gasteiger charge is -2.39. The molecule has 4 aliphatic rings. The van der Waals surface area contributed by atoms with Gasteiger partial charge in [0.2, 0.25) is 0 Å². The first kappa shape index (κ1) is 31.2. The van der Waals surface area contributed by atoms with E-state index in [0.717, 1.165) is 89.6 Å². The van der Waals surface area contributed by atoms with Gasteiger partial charge in [-0.25, -0.2) is 8.42 Å². The van der Waals surface area contributed by atoms with E-state index in [0.29, 0.717) is 23.7 Å². The van der Waals surface area contributed by atoms with Gasteiger partial charge in [0.1, 0.15) is 4.83 Å². The van der Waals surface area contributed by atoms with Crippen LogP contribution in [0, 0.1) is 19.8 Å². The Bertz CT molecular complexity index is 1720. The fraction of sp³-hybridized carbons (Fsp3) is 0.600. The van der Waals surface area contributed by atoms with Crippen LogP contribution in [-0.4, -0.2) is 109 Å². The van der Waals surface area contributed by atoms with E-state index >= 15 is 0 Å². The molecule has 0 spiro atoms. The summed E-state index contributed by atoms with van der Waals surface area (Å²) in [5, 5.41) is 0.909. The van der Waals surface area contributed by atoms with Crippen LogP contribution in [0.25, 0.3) is 21.5 Å². The topological polar surface area (TPSA) is 93.8 Å². The van der Waals surface area contributed by atoms with Crippen molar-refractivity contribution in [2.24, 2.45) is 5.92 Å². The van der Waals surface area contributed by atoms with Gasteiger partial charge >= 0.3 is 0 Å². The molecule has 242 valence electrons. The van der Waals surface area contributed by atoms with E-state index in [4.69, 9.17) is 0 Å². The molecule has 4 aliphatic heterocycles. The number of benzene rings is 1. The van der Waals surface area contributed by atoms with E-state index in [9.17, 15) is 18.0 Å². The zero-order chi connectivity index (χ0) is 31.8. The third-order valence-corrected chi connectivity index (χ3v) is 14.3. The van der Waals surface area contributed by atoms with E-state index in [1.54, 1.807) is 11.3 Å². The van der Waals surface area contributed by atoms with Crippen LogP contribution in [0.1, 0.15) is 66.4 Å². The smallest absolute Gasteiger partial charge is 0.182 e. The van der Waals surface area contributed by atoms with Crippen LogP contribution < -0.4 is 0 Å². The molecule has 0 radical (unpaired) electrons. The average molecular weight is 651 g/mol. The third-order valence-electron chi connectivity index (χ3n) is 11.2. The largest absolute Gasteiger partial charge is 0.346 e. The molecule has 4 fully saturated rings. The number of carbonyl (C=O) groups excluding carboxylic acids is 2. The van der Waals surface area contributed by atoms with Gasteiger partial charge in [-0.1, -0.05) is 17.2 Å². The zero-order valence-corrected chi connectivity index (χ0v) is 28.8. The first-order chi connectivity index (χ1) is 21.3. The molecule has 10 heteroatoms. The molecule has 3 atom stereocenters. The van der Waals surface area contributed by atoms with Crippen molar-refractivity contribution in [1.82, 2.24) is 19.7 Å². The van der Waals surface area contributed by atoms with E-state index in [2.05, 4.69) is 71.6 Å². The number of hydrogen-bond acceptors (Lipinski definition) is 8. The lowest BCUT2D eigenvalue weighted by atomic mass is 9.79. The second-order valence-electron chi connectivity index (χ2n) is 14.6. The summed E-state index contributed by atoms with van der Waals surface area (Å²) in [5.74, 6) is 1.38. The maximum absolute atomic E-state index is 14.6. The van der Waals surface area contributed by atoms with Gasteiger partial charge in [-0.15, -0.1) is 11.3 Å². The van der Waals surface area contributed by atoms with Gasteiger partial charge < -0.3 is 4.98 Å². The predicted octanol–water partition coefficient (Wildman–Crippen LogP) is 4.83. The molecule has 0 aliphatic carbocycles. The highest BCUT2D eigenvalue weighted by Crippen LogP contribution is 2.44. The number of aromatic amines is 1. The quantitative estimate of drug-likeness (QED) is 0.349. The minimum absolute atomic E-state index is 0.00963. The fourth-order valence-electron chi connectivity index (χ4n) is 8.49. The number of piperazine rings is 1. The number of fused-ring (bicyclic) bond motifs is 3. The van der Waals surface area contributed by atoms with E-state index < -0.39 is 15.3 Å². The number of rotatable bonds is 8. The minimum Gasteiger partial charge on any atom is -0.346 e. The van der Waals surface area contributed by atoms with Crippen LogP contribution in [-0.2, 0) is 20.0 Å². The number of ketones is 2. The summed E-state index contributed by atoms with van der Waals surface area (Å²) in [5.41, 5.74) is 4.22. The van der Waals surface area contributed by atoms with Gasteiger partial charge in [0.05, 0.1) is 40.3 Å². The molecule has 1 aromatic carbocycles. The molecule has 3 aromatic rings. The first-order valence-corrected chi connectivity index (χ1v) is 19.2. The number of sulfone groups is 1. The van der Waals surface area contributed by atoms with Gasteiger partial charge in [-0.3, -0.25) is 24.3 Å². The summed E-state index contributed by atoms with van der Waals surface area (Å²) >= 11 is 1.61. The molecular formula is C35H46N4O4S2. The Hall–Kier alpha value is -2.37. The van der Waals surface area contributed by atoms with Crippen LogP contribution >= 0.6 is 11.3 Å². The monoisotopic (exact) mass is 650 g/mol. The highest BCUT2D eigenvalue weighted by molar-refractivity contribution is 7.91. The molecule has 4 saturated heterocycles. The van der Waals surface area contributed by atoms with Crippen molar-refractivity contribution < 1.29 is 18.0 Å². The van der Waals surface area contributed by atoms with Gasteiger partial charge in [0.25, 0.3) is 0 Å². The molecule has 0 amide bonds. The molecule has 2 bridgehead atoms. The molecule has 2 aromatic heterocycles. The number of H-pyrrole nitrogens is 1. The fourth-order valence-corrected chi connectivity index (χ4v) is 11.4. The molecule has 6 heterocycles. The Labute approximate surface area is 271 Å². The number of piperidine rings is 1. The third kappa shape index (κ3) is 5.54. The number of Topliss-reactive ketones (excluding diaryl/α,β-unsaturated/α-hetero) is 2. The van der Waals surface area contributed by atoms with E-state index in [1.165, 1.54) is 0 Å².